The van der Waals surface area contributed by atoms with Gasteiger partial charge in [0.15, 0.2) is 0 Å². The number of hydrogen-bond acceptors (Lipinski definition) is 4. The van der Waals surface area contributed by atoms with E-state index in [1.54, 1.807) is 24.3 Å². The van der Waals surface area contributed by atoms with Crippen LogP contribution < -0.4 is 5.14 Å². The third kappa shape index (κ3) is 3.57. The summed E-state index contributed by atoms with van der Waals surface area (Å²) in [6.07, 6.45) is 2.62. The van der Waals surface area contributed by atoms with Crippen LogP contribution in [0.2, 0.25) is 0 Å². The largest absolute Gasteiger partial charge is 0.457 e. The molecule has 1 heterocycles. The van der Waals surface area contributed by atoms with Crippen molar-refractivity contribution in [2.24, 2.45) is 5.14 Å². The number of carbonyl (C=O) groups excluding carboxylic acids is 1. The quantitative estimate of drug-likeness (QED) is 0.693. The second-order valence-corrected chi connectivity index (χ2v) is 5.84. The Morgan fingerprint density at radius 1 is 1.15 bits per heavy atom. The molecule has 2 rings (SSSR count). The minimum absolute atomic E-state index is 0.0284. The highest BCUT2D eigenvalue weighted by Crippen LogP contribution is 2.24. The molecule has 0 atom stereocenters. The molecule has 1 aromatic carbocycles. The van der Waals surface area contributed by atoms with E-state index < -0.39 is 15.3 Å². The number of allylic oxidation sites excluding steroid dienone is 1. The van der Waals surface area contributed by atoms with E-state index in [4.69, 9.17) is 21.2 Å². The van der Waals surface area contributed by atoms with Gasteiger partial charge in [0, 0.05) is 11.6 Å². The topological polar surface area (TPSA) is 90.4 Å². The van der Waals surface area contributed by atoms with Gasteiger partial charge in [0.25, 0.3) is 0 Å². The van der Waals surface area contributed by atoms with Gasteiger partial charge in [-0.3, -0.25) is 4.79 Å². The molecule has 20 heavy (non-hydrogen) atoms. The molecule has 1 aromatic heterocycles. The van der Waals surface area contributed by atoms with E-state index in [1.807, 2.05) is 0 Å². The molecule has 0 saturated carbocycles. The Bertz CT molecular complexity index is 760. The molecule has 104 valence electrons. The highest BCUT2D eigenvalue weighted by Gasteiger charge is 2.09. The minimum atomic E-state index is -3.71. The zero-order chi connectivity index (χ0) is 14.8. The molecular formula is C13H10ClNO4S. The second kappa shape index (κ2) is 5.62. The van der Waals surface area contributed by atoms with Crippen LogP contribution in [0.1, 0.15) is 5.76 Å². The number of rotatable bonds is 4. The Labute approximate surface area is 120 Å². The van der Waals surface area contributed by atoms with Crippen LogP contribution in [0.3, 0.4) is 0 Å². The molecule has 0 unspecified atom stereocenters. The number of halogens is 1. The summed E-state index contributed by atoms with van der Waals surface area (Å²) in [6.45, 7) is 0. The number of sulfonamides is 1. The molecule has 0 amide bonds. The molecule has 0 fully saturated rings. The third-order valence-electron chi connectivity index (χ3n) is 2.47. The van der Waals surface area contributed by atoms with Crippen molar-refractivity contribution in [2.45, 2.75) is 4.90 Å². The van der Waals surface area contributed by atoms with Crippen LogP contribution in [0.25, 0.3) is 17.4 Å². The Morgan fingerprint density at radius 3 is 2.35 bits per heavy atom. The maximum Gasteiger partial charge on any atom is 0.245 e. The number of benzene rings is 1. The van der Waals surface area contributed by atoms with Crippen molar-refractivity contribution in [2.75, 3.05) is 0 Å². The zero-order valence-corrected chi connectivity index (χ0v) is 11.7. The van der Waals surface area contributed by atoms with Crippen LogP contribution >= 0.6 is 11.6 Å². The van der Waals surface area contributed by atoms with Gasteiger partial charge in [0.1, 0.15) is 11.5 Å². The molecule has 2 aromatic rings. The lowest BCUT2D eigenvalue weighted by atomic mass is 10.2. The van der Waals surface area contributed by atoms with Crippen LogP contribution in [0.5, 0.6) is 0 Å². The summed E-state index contributed by atoms with van der Waals surface area (Å²) in [7, 11) is -3.71. The van der Waals surface area contributed by atoms with Gasteiger partial charge in [0.2, 0.25) is 15.3 Å². The van der Waals surface area contributed by atoms with Crippen LogP contribution in [-0.4, -0.2) is 13.7 Å². The molecule has 7 heteroatoms. The highest BCUT2D eigenvalue weighted by molar-refractivity contribution is 7.89. The summed E-state index contributed by atoms with van der Waals surface area (Å²) in [5.41, 5.74) is 0.689. The summed E-state index contributed by atoms with van der Waals surface area (Å²) >= 11 is 5.18. The second-order valence-electron chi connectivity index (χ2n) is 3.91. The third-order valence-corrected chi connectivity index (χ3v) is 3.53. The first-order chi connectivity index (χ1) is 9.36. The zero-order valence-electron chi connectivity index (χ0n) is 10.1. The molecule has 0 spiro atoms. The summed E-state index contributed by atoms with van der Waals surface area (Å²) in [6, 6.07) is 9.32. The molecule has 0 aliphatic carbocycles. The Balaban J connectivity index is 2.27. The predicted octanol–water partition coefficient (Wildman–Crippen LogP) is 2.37. The summed E-state index contributed by atoms with van der Waals surface area (Å²) in [5, 5.41) is 4.42. The van der Waals surface area contributed by atoms with Gasteiger partial charge in [0.05, 0.1) is 4.90 Å². The maximum absolute atomic E-state index is 11.1. The molecular weight excluding hydrogens is 302 g/mol. The normalized spacial score (nSPS) is 11.9. The molecule has 0 aliphatic heterocycles. The van der Waals surface area contributed by atoms with Crippen molar-refractivity contribution in [1.29, 1.82) is 0 Å². The van der Waals surface area contributed by atoms with Crippen molar-refractivity contribution in [3.63, 3.8) is 0 Å². The average Bonchev–Trinajstić information content (AvgIpc) is 2.84. The first-order valence-corrected chi connectivity index (χ1v) is 7.39. The van der Waals surface area contributed by atoms with Crippen molar-refractivity contribution in [3.8, 4) is 11.3 Å². The molecule has 0 aliphatic rings. The fraction of sp³-hybridized carbons (Fsp3) is 0. The van der Waals surface area contributed by atoms with E-state index in [0.29, 0.717) is 17.1 Å². The Morgan fingerprint density at radius 2 is 1.80 bits per heavy atom. The van der Waals surface area contributed by atoms with Crippen LogP contribution in [0, 0.1) is 0 Å². The van der Waals surface area contributed by atoms with Gasteiger partial charge in [-0.1, -0.05) is 0 Å². The number of furan rings is 1. The summed E-state index contributed by atoms with van der Waals surface area (Å²) in [5.74, 6) is 0.997. The lowest BCUT2D eigenvalue weighted by Crippen LogP contribution is -2.11. The Kier molecular flexibility index (Phi) is 4.08. The van der Waals surface area contributed by atoms with Gasteiger partial charge in [-0.15, -0.1) is 0 Å². The van der Waals surface area contributed by atoms with Crippen molar-refractivity contribution in [3.05, 3.63) is 48.2 Å². The average molecular weight is 312 g/mol. The highest BCUT2D eigenvalue weighted by atomic mass is 35.5. The molecule has 5 nitrogen and oxygen atoms in total. The van der Waals surface area contributed by atoms with Gasteiger partial charge in [-0.25, -0.2) is 13.6 Å². The fourth-order valence-corrected chi connectivity index (χ4v) is 2.13. The van der Waals surface area contributed by atoms with Crippen molar-refractivity contribution < 1.29 is 17.6 Å². The number of primary sulfonamides is 1. The van der Waals surface area contributed by atoms with E-state index in [2.05, 4.69) is 0 Å². The van der Waals surface area contributed by atoms with Crippen LogP contribution in [0.15, 0.2) is 51.8 Å². The number of carbonyl (C=O) groups is 1. The maximum atomic E-state index is 11.1. The van der Waals surface area contributed by atoms with E-state index in [1.165, 1.54) is 24.3 Å². The lowest BCUT2D eigenvalue weighted by Gasteiger charge is -2.00. The SMILES string of the molecule is NS(=O)(=O)c1ccc(-c2ccc(/C=C/C(=O)Cl)o2)cc1. The molecule has 0 saturated heterocycles. The van der Waals surface area contributed by atoms with E-state index in [9.17, 15) is 13.2 Å². The van der Waals surface area contributed by atoms with Crippen LogP contribution in [0.4, 0.5) is 0 Å². The van der Waals surface area contributed by atoms with E-state index in [0.717, 1.165) is 0 Å². The Hall–Kier alpha value is -1.89. The first kappa shape index (κ1) is 14.5. The molecule has 2 N–H and O–H groups in total. The number of nitrogens with two attached hydrogens (primary N) is 1. The minimum Gasteiger partial charge on any atom is -0.457 e. The molecule has 0 bridgehead atoms. The van der Waals surface area contributed by atoms with Gasteiger partial charge in [-0.05, 0) is 54.1 Å². The lowest BCUT2D eigenvalue weighted by molar-refractivity contribution is -0.107. The van der Waals surface area contributed by atoms with E-state index in [-0.39, 0.29) is 4.90 Å². The monoisotopic (exact) mass is 311 g/mol. The van der Waals surface area contributed by atoms with Gasteiger partial charge in [-0.2, -0.15) is 0 Å². The standard InChI is InChI=1S/C13H10ClNO4S/c14-13(16)8-4-10-3-7-12(19-10)9-1-5-11(6-2-9)20(15,17)18/h1-8H,(H2,15,17,18)/b8-4+. The van der Waals surface area contributed by atoms with Crippen molar-refractivity contribution >= 4 is 32.9 Å². The van der Waals surface area contributed by atoms with Crippen LogP contribution in [-0.2, 0) is 14.8 Å². The number of hydrogen-bond donors (Lipinski definition) is 1. The molecule has 0 radical (unpaired) electrons. The van der Waals surface area contributed by atoms with Crippen molar-refractivity contribution in [1.82, 2.24) is 0 Å². The smallest absolute Gasteiger partial charge is 0.245 e. The van der Waals surface area contributed by atoms with Gasteiger partial charge < -0.3 is 4.42 Å². The predicted molar refractivity (Wildman–Crippen MR) is 75.4 cm³/mol. The summed E-state index contributed by atoms with van der Waals surface area (Å²) < 4.78 is 27.7. The fourth-order valence-electron chi connectivity index (χ4n) is 1.55. The first-order valence-electron chi connectivity index (χ1n) is 5.47. The van der Waals surface area contributed by atoms with Gasteiger partial charge >= 0.3 is 0 Å². The summed E-state index contributed by atoms with van der Waals surface area (Å²) in [4.78, 5) is 10.6. The van der Waals surface area contributed by atoms with E-state index >= 15 is 0 Å².